The quantitative estimate of drug-likeness (QED) is 0.294. The van der Waals surface area contributed by atoms with Crippen molar-refractivity contribution in [1.82, 2.24) is 4.57 Å². The summed E-state index contributed by atoms with van der Waals surface area (Å²) in [5.74, 6) is 0. The van der Waals surface area contributed by atoms with Gasteiger partial charge < -0.3 is 4.57 Å². The van der Waals surface area contributed by atoms with Gasteiger partial charge in [0.2, 0.25) is 0 Å². The lowest BCUT2D eigenvalue weighted by Gasteiger charge is -2.03. The van der Waals surface area contributed by atoms with E-state index < -0.39 is 0 Å². The van der Waals surface area contributed by atoms with E-state index in [4.69, 9.17) is 0 Å². The first-order chi connectivity index (χ1) is 12.3. The number of rotatable bonds is 4. The summed E-state index contributed by atoms with van der Waals surface area (Å²) < 4.78 is 2.39. The van der Waals surface area contributed by atoms with Crippen molar-refractivity contribution in [1.29, 1.82) is 0 Å². The number of nitrogens with zero attached hydrogens (tertiary/aromatic N) is 1. The molecular weight excluding hydrogens is 322 g/mol. The summed E-state index contributed by atoms with van der Waals surface area (Å²) >= 11 is 1.77. The number of hydrogen-bond acceptors (Lipinski definition) is 1. The van der Waals surface area contributed by atoms with Gasteiger partial charge in [-0.2, -0.15) is 0 Å². The number of fused-ring (bicyclic) bond motifs is 3. The Labute approximate surface area is 153 Å². The number of hydrogen-bond donors (Lipinski definition) is 0. The average molecular weight is 343 g/mol. The lowest BCUT2D eigenvalue weighted by atomic mass is 10.1. The molecule has 4 aromatic rings. The Morgan fingerprint density at radius 3 is 2.24 bits per heavy atom. The molecule has 1 heterocycles. The fraction of sp³-hybridized carbons (Fsp3) is 0.130. The molecule has 2 heteroatoms. The maximum Gasteiger partial charge on any atom is 0.0491 e. The third-order valence-electron chi connectivity index (χ3n) is 4.70. The molecule has 4 rings (SSSR count). The third kappa shape index (κ3) is 2.98. The highest BCUT2D eigenvalue weighted by Gasteiger charge is 2.08. The molecule has 0 aliphatic carbocycles. The lowest BCUT2D eigenvalue weighted by Crippen LogP contribution is -1.92. The van der Waals surface area contributed by atoms with Crippen molar-refractivity contribution in [2.45, 2.75) is 18.4 Å². The Hall–Kier alpha value is -2.45. The Morgan fingerprint density at radius 1 is 0.800 bits per heavy atom. The maximum atomic E-state index is 2.39. The van der Waals surface area contributed by atoms with E-state index in [-0.39, 0.29) is 0 Å². The van der Waals surface area contributed by atoms with Gasteiger partial charge in [-0.15, -0.1) is 11.8 Å². The van der Waals surface area contributed by atoms with Gasteiger partial charge >= 0.3 is 0 Å². The van der Waals surface area contributed by atoms with Crippen LogP contribution in [0.5, 0.6) is 0 Å². The van der Waals surface area contributed by atoms with Crippen LogP contribution < -0.4 is 0 Å². The van der Waals surface area contributed by atoms with Gasteiger partial charge in [-0.1, -0.05) is 48.6 Å². The minimum absolute atomic E-state index is 0.987. The Bertz CT molecular complexity index is 1050. The van der Waals surface area contributed by atoms with Gasteiger partial charge in [0, 0.05) is 33.2 Å². The molecule has 0 saturated heterocycles. The number of thioether (sulfide) groups is 1. The number of aryl methyl sites for hydroxylation is 1. The van der Waals surface area contributed by atoms with Crippen molar-refractivity contribution in [3.63, 3.8) is 0 Å². The number of benzene rings is 3. The van der Waals surface area contributed by atoms with Gasteiger partial charge in [-0.3, -0.25) is 0 Å². The summed E-state index contributed by atoms with van der Waals surface area (Å²) in [4.78, 5) is 1.30. The van der Waals surface area contributed by atoms with Crippen LogP contribution in [0.4, 0.5) is 0 Å². The molecule has 0 radical (unpaired) electrons. The van der Waals surface area contributed by atoms with Gasteiger partial charge in [0.15, 0.2) is 0 Å². The first-order valence-corrected chi connectivity index (χ1v) is 9.86. The van der Waals surface area contributed by atoms with Crippen LogP contribution in [-0.2, 0) is 6.54 Å². The van der Waals surface area contributed by atoms with Crippen LogP contribution in [0.2, 0.25) is 0 Å². The molecule has 0 unspecified atom stereocenters. The second-order valence-corrected chi connectivity index (χ2v) is 7.02. The van der Waals surface area contributed by atoms with Gasteiger partial charge in [0.25, 0.3) is 0 Å². The number of para-hydroxylation sites is 1. The van der Waals surface area contributed by atoms with E-state index in [1.54, 1.807) is 11.8 Å². The van der Waals surface area contributed by atoms with Gasteiger partial charge in [0.1, 0.15) is 0 Å². The minimum atomic E-state index is 0.987. The zero-order valence-corrected chi connectivity index (χ0v) is 15.4. The van der Waals surface area contributed by atoms with Crippen LogP contribution >= 0.6 is 11.8 Å². The number of aromatic nitrogens is 1. The van der Waals surface area contributed by atoms with E-state index >= 15 is 0 Å². The molecule has 25 heavy (non-hydrogen) atoms. The average Bonchev–Trinajstić information content (AvgIpc) is 3.00. The highest BCUT2D eigenvalue weighted by molar-refractivity contribution is 7.98. The molecule has 0 saturated carbocycles. The highest BCUT2D eigenvalue weighted by atomic mass is 32.2. The smallest absolute Gasteiger partial charge is 0.0491 e. The maximum absolute atomic E-state index is 2.39. The summed E-state index contributed by atoms with van der Waals surface area (Å²) in [6.45, 7) is 3.19. The fourth-order valence-corrected chi connectivity index (χ4v) is 3.83. The topological polar surface area (TPSA) is 4.93 Å². The fourth-order valence-electron chi connectivity index (χ4n) is 3.42. The monoisotopic (exact) mass is 343 g/mol. The normalized spacial score (nSPS) is 11.8. The van der Waals surface area contributed by atoms with Crippen LogP contribution in [0.3, 0.4) is 0 Å². The summed E-state index contributed by atoms with van der Waals surface area (Å²) in [6, 6.07) is 24.1. The molecule has 0 spiro atoms. The second kappa shape index (κ2) is 6.81. The molecule has 0 fully saturated rings. The molecule has 124 valence electrons. The summed E-state index contributed by atoms with van der Waals surface area (Å²) in [5, 5.41) is 2.66. The molecule has 0 amide bonds. The molecule has 0 aliphatic rings. The van der Waals surface area contributed by atoms with E-state index in [0.29, 0.717) is 0 Å². The Kier molecular flexibility index (Phi) is 4.37. The summed E-state index contributed by atoms with van der Waals surface area (Å²) in [5.41, 5.74) is 5.09. The Balaban J connectivity index is 1.75. The standard InChI is InChI=1S/C23H21NS/c1-3-24-22-7-5-4-6-20(22)21-16-18(12-15-23(21)24)9-8-17-10-13-19(25-2)14-11-17/h4-16H,3H2,1-2H3/b9-8+. The second-order valence-electron chi connectivity index (χ2n) is 6.14. The van der Waals surface area contributed by atoms with Crippen molar-refractivity contribution in [3.05, 3.63) is 77.9 Å². The molecule has 0 aliphatic heterocycles. The van der Waals surface area contributed by atoms with Gasteiger partial charge in [-0.05, 0) is 54.6 Å². The van der Waals surface area contributed by atoms with Crippen LogP contribution in [0.1, 0.15) is 18.1 Å². The van der Waals surface area contributed by atoms with Gasteiger partial charge in [0.05, 0.1) is 0 Å². The van der Waals surface area contributed by atoms with Gasteiger partial charge in [-0.25, -0.2) is 0 Å². The third-order valence-corrected chi connectivity index (χ3v) is 5.44. The van der Waals surface area contributed by atoms with Crippen LogP contribution in [0, 0.1) is 0 Å². The highest BCUT2D eigenvalue weighted by Crippen LogP contribution is 2.30. The van der Waals surface area contributed by atoms with Crippen molar-refractivity contribution < 1.29 is 0 Å². The van der Waals surface area contributed by atoms with E-state index in [9.17, 15) is 0 Å². The van der Waals surface area contributed by atoms with Crippen molar-refractivity contribution >= 4 is 45.7 Å². The zero-order valence-electron chi connectivity index (χ0n) is 14.6. The molecule has 0 bridgehead atoms. The predicted molar refractivity (Wildman–Crippen MR) is 112 cm³/mol. The molecule has 0 N–H and O–H groups in total. The first-order valence-electron chi connectivity index (χ1n) is 8.63. The lowest BCUT2D eigenvalue weighted by molar-refractivity contribution is 0.827. The van der Waals surface area contributed by atoms with Crippen molar-refractivity contribution in [3.8, 4) is 0 Å². The summed E-state index contributed by atoms with van der Waals surface area (Å²) in [7, 11) is 0. The molecule has 1 nitrogen and oxygen atoms in total. The van der Waals surface area contributed by atoms with E-state index in [1.165, 1.54) is 37.8 Å². The first kappa shape index (κ1) is 16.0. The van der Waals surface area contributed by atoms with E-state index in [1.807, 2.05) is 0 Å². The molecule has 3 aromatic carbocycles. The summed E-state index contributed by atoms with van der Waals surface area (Å²) in [6.07, 6.45) is 6.49. The van der Waals surface area contributed by atoms with Crippen molar-refractivity contribution in [2.24, 2.45) is 0 Å². The molecule has 1 aromatic heterocycles. The van der Waals surface area contributed by atoms with Crippen molar-refractivity contribution in [2.75, 3.05) is 6.26 Å². The predicted octanol–water partition coefficient (Wildman–Crippen LogP) is 6.71. The SMILES string of the molecule is CCn1c2ccccc2c2cc(/C=C/c3ccc(SC)cc3)ccc21. The van der Waals surface area contributed by atoms with E-state index in [0.717, 1.165) is 6.54 Å². The molecule has 0 atom stereocenters. The van der Waals surface area contributed by atoms with Crippen LogP contribution in [0.15, 0.2) is 71.6 Å². The molecular formula is C23H21NS. The zero-order chi connectivity index (χ0) is 17.2. The van der Waals surface area contributed by atoms with Crippen LogP contribution in [0.25, 0.3) is 34.0 Å². The Morgan fingerprint density at radius 2 is 1.48 bits per heavy atom. The van der Waals surface area contributed by atoms with E-state index in [2.05, 4.69) is 96.6 Å². The van der Waals surface area contributed by atoms with Crippen LogP contribution in [-0.4, -0.2) is 10.8 Å². The minimum Gasteiger partial charge on any atom is -0.341 e. The largest absolute Gasteiger partial charge is 0.341 e.